The second-order valence-electron chi connectivity index (χ2n) is 4.84. The Labute approximate surface area is 131 Å². The maximum atomic E-state index is 12.0. The summed E-state index contributed by atoms with van der Waals surface area (Å²) in [4.78, 5) is 22.1. The first kappa shape index (κ1) is 16.3. The summed E-state index contributed by atoms with van der Waals surface area (Å²) in [6.07, 6.45) is 0.831. The van der Waals surface area contributed by atoms with Gasteiger partial charge >= 0.3 is 0 Å². The van der Waals surface area contributed by atoms with Crippen molar-refractivity contribution >= 4 is 35.0 Å². The van der Waals surface area contributed by atoms with E-state index in [1.165, 1.54) is 30.7 Å². The van der Waals surface area contributed by atoms with Crippen molar-refractivity contribution in [1.29, 1.82) is 0 Å². The van der Waals surface area contributed by atoms with Crippen LogP contribution < -0.4 is 0 Å². The maximum absolute atomic E-state index is 12.0. The van der Waals surface area contributed by atoms with Crippen LogP contribution in [-0.2, 0) is 4.79 Å². The summed E-state index contributed by atoms with van der Waals surface area (Å²) in [5.41, 5.74) is 0.519. The molecule has 0 aromatic heterocycles. The lowest BCUT2D eigenvalue weighted by atomic mass is 10.0. The number of rotatable bonds is 6. The molecular formula is C14H17NO4S2. The number of nitro benzene ring substituents is 1. The van der Waals surface area contributed by atoms with Crippen molar-refractivity contribution in [3.8, 4) is 0 Å². The summed E-state index contributed by atoms with van der Waals surface area (Å²) >= 11 is 3.61. The summed E-state index contributed by atoms with van der Waals surface area (Å²) in [5, 5.41) is 20.6. The van der Waals surface area contributed by atoms with E-state index in [-0.39, 0.29) is 17.9 Å². The molecule has 1 fully saturated rings. The van der Waals surface area contributed by atoms with Gasteiger partial charge in [-0.25, -0.2) is 0 Å². The second kappa shape index (κ2) is 7.82. The first-order valence-electron chi connectivity index (χ1n) is 6.73. The minimum atomic E-state index is -0.892. The van der Waals surface area contributed by atoms with Crippen molar-refractivity contribution in [2.45, 2.75) is 29.9 Å². The fourth-order valence-corrected chi connectivity index (χ4v) is 4.98. The summed E-state index contributed by atoms with van der Waals surface area (Å²) < 4.78 is 0.301. The van der Waals surface area contributed by atoms with Crippen molar-refractivity contribution in [2.75, 3.05) is 11.5 Å². The largest absolute Gasteiger partial charge is 0.388 e. The number of nitrogens with zero attached hydrogens (tertiary/aromatic N) is 1. The maximum Gasteiger partial charge on any atom is 0.269 e. The minimum Gasteiger partial charge on any atom is -0.388 e. The summed E-state index contributed by atoms with van der Waals surface area (Å²) in [5.74, 6) is 2.22. The van der Waals surface area contributed by atoms with Crippen LogP contribution in [0.15, 0.2) is 24.3 Å². The molecule has 0 unspecified atom stereocenters. The molecule has 1 atom stereocenters. The van der Waals surface area contributed by atoms with E-state index in [9.17, 15) is 20.0 Å². The van der Waals surface area contributed by atoms with Gasteiger partial charge in [-0.1, -0.05) is 0 Å². The van der Waals surface area contributed by atoms with Crippen molar-refractivity contribution in [3.63, 3.8) is 0 Å². The van der Waals surface area contributed by atoms with E-state index in [4.69, 9.17) is 0 Å². The topological polar surface area (TPSA) is 80.4 Å². The van der Waals surface area contributed by atoms with Crippen LogP contribution in [0.3, 0.4) is 0 Å². The Kier molecular flexibility index (Phi) is 6.08. The fourth-order valence-electron chi connectivity index (χ4n) is 2.08. The van der Waals surface area contributed by atoms with E-state index in [0.29, 0.717) is 16.6 Å². The highest BCUT2D eigenvalue weighted by molar-refractivity contribution is 8.17. The quantitative estimate of drug-likeness (QED) is 0.638. The smallest absolute Gasteiger partial charge is 0.269 e. The number of aliphatic hydroxyl groups is 1. The molecule has 0 bridgehead atoms. The lowest BCUT2D eigenvalue weighted by Gasteiger charge is -2.20. The number of non-ortho nitro benzene ring substituents is 1. The van der Waals surface area contributed by atoms with Crippen LogP contribution in [0.2, 0.25) is 0 Å². The molecule has 0 amide bonds. The highest BCUT2D eigenvalue weighted by Crippen LogP contribution is 2.33. The Bertz CT molecular complexity index is 500. The Balaban J connectivity index is 1.86. The van der Waals surface area contributed by atoms with Gasteiger partial charge in [-0.05, 0) is 35.6 Å². The number of Topliss-reactive ketones (excluding diaryl/α,β-unsaturated/α-hetero) is 1. The molecule has 1 aromatic carbocycles. The number of carbonyl (C=O) groups excluding carboxylic acids is 1. The number of benzene rings is 1. The molecule has 0 saturated carbocycles. The molecule has 7 heteroatoms. The first-order chi connectivity index (χ1) is 10.1. The van der Waals surface area contributed by atoms with Gasteiger partial charge in [0.2, 0.25) is 0 Å². The third kappa shape index (κ3) is 5.01. The zero-order chi connectivity index (χ0) is 15.2. The number of hydrogen-bond acceptors (Lipinski definition) is 6. The van der Waals surface area contributed by atoms with Crippen molar-refractivity contribution in [3.05, 3.63) is 39.9 Å². The number of carbonyl (C=O) groups is 1. The molecule has 1 aliphatic rings. The SMILES string of the molecule is O=C(CC1SCCCS1)C[C@H](O)c1ccc([N+](=O)[O-])cc1. The average molecular weight is 327 g/mol. The third-order valence-corrected chi connectivity index (χ3v) is 6.14. The monoisotopic (exact) mass is 327 g/mol. The molecule has 5 nitrogen and oxygen atoms in total. The van der Waals surface area contributed by atoms with E-state index < -0.39 is 11.0 Å². The fraction of sp³-hybridized carbons (Fsp3) is 0.500. The van der Waals surface area contributed by atoms with Crippen LogP contribution in [-0.4, -0.2) is 31.9 Å². The Morgan fingerprint density at radius 3 is 2.52 bits per heavy atom. The van der Waals surface area contributed by atoms with E-state index in [2.05, 4.69) is 0 Å². The molecule has 0 spiro atoms. The molecule has 1 saturated heterocycles. The van der Waals surface area contributed by atoms with Gasteiger partial charge in [0, 0.05) is 25.0 Å². The molecule has 2 rings (SSSR count). The number of thioether (sulfide) groups is 2. The van der Waals surface area contributed by atoms with Crippen LogP contribution in [0, 0.1) is 10.1 Å². The molecular weight excluding hydrogens is 310 g/mol. The highest BCUT2D eigenvalue weighted by atomic mass is 32.2. The van der Waals surface area contributed by atoms with Crippen LogP contribution in [0.4, 0.5) is 5.69 Å². The van der Waals surface area contributed by atoms with Crippen molar-refractivity contribution in [1.82, 2.24) is 0 Å². The molecule has 114 valence electrons. The van der Waals surface area contributed by atoms with Crippen molar-refractivity contribution < 1.29 is 14.8 Å². The van der Waals surface area contributed by atoms with E-state index in [1.807, 2.05) is 0 Å². The predicted octanol–water partition coefficient (Wildman–Crippen LogP) is 3.17. The zero-order valence-corrected chi connectivity index (χ0v) is 13.1. The number of hydrogen-bond donors (Lipinski definition) is 1. The van der Waals surface area contributed by atoms with E-state index in [1.54, 1.807) is 23.5 Å². The van der Waals surface area contributed by atoms with Crippen LogP contribution in [0.25, 0.3) is 0 Å². The van der Waals surface area contributed by atoms with Gasteiger partial charge in [0.1, 0.15) is 5.78 Å². The van der Waals surface area contributed by atoms with Gasteiger partial charge in [-0.15, -0.1) is 23.5 Å². The highest BCUT2D eigenvalue weighted by Gasteiger charge is 2.20. The second-order valence-corrected chi connectivity index (χ2v) is 7.76. The molecule has 1 aliphatic heterocycles. The van der Waals surface area contributed by atoms with Crippen LogP contribution >= 0.6 is 23.5 Å². The summed E-state index contributed by atoms with van der Waals surface area (Å²) in [6.45, 7) is 0. The van der Waals surface area contributed by atoms with Crippen LogP contribution in [0.5, 0.6) is 0 Å². The molecule has 1 heterocycles. The minimum absolute atomic E-state index is 0.0210. The molecule has 1 N–H and O–H groups in total. The zero-order valence-electron chi connectivity index (χ0n) is 11.4. The summed E-state index contributed by atoms with van der Waals surface area (Å²) in [6, 6.07) is 5.69. The molecule has 1 aromatic rings. The normalized spacial score (nSPS) is 17.4. The Morgan fingerprint density at radius 1 is 1.33 bits per heavy atom. The predicted molar refractivity (Wildman–Crippen MR) is 85.6 cm³/mol. The summed E-state index contributed by atoms with van der Waals surface area (Å²) in [7, 11) is 0. The molecule has 0 radical (unpaired) electrons. The van der Waals surface area contributed by atoms with E-state index in [0.717, 1.165) is 11.5 Å². The number of aliphatic hydroxyl groups excluding tert-OH is 1. The van der Waals surface area contributed by atoms with Crippen molar-refractivity contribution in [2.24, 2.45) is 0 Å². The Hall–Kier alpha value is -1.05. The molecule has 21 heavy (non-hydrogen) atoms. The molecule has 0 aliphatic carbocycles. The average Bonchev–Trinajstić information content (AvgIpc) is 2.48. The first-order valence-corrected chi connectivity index (χ1v) is 8.83. The lowest BCUT2D eigenvalue weighted by Crippen LogP contribution is -2.14. The van der Waals surface area contributed by atoms with Gasteiger partial charge in [0.15, 0.2) is 0 Å². The standard InChI is InChI=1S/C14H17NO4S2/c16-12(9-14-20-6-1-7-21-14)8-13(17)10-2-4-11(5-3-10)15(18)19/h2-5,13-14,17H,1,6-9H2/t13-/m0/s1. The van der Waals surface area contributed by atoms with Gasteiger partial charge in [-0.2, -0.15) is 0 Å². The number of ketones is 1. The van der Waals surface area contributed by atoms with E-state index >= 15 is 0 Å². The third-order valence-electron chi connectivity index (χ3n) is 3.20. The van der Waals surface area contributed by atoms with Gasteiger partial charge in [-0.3, -0.25) is 14.9 Å². The number of nitro groups is 1. The Morgan fingerprint density at radius 2 is 1.95 bits per heavy atom. The van der Waals surface area contributed by atoms with Gasteiger partial charge < -0.3 is 5.11 Å². The van der Waals surface area contributed by atoms with Gasteiger partial charge in [0.25, 0.3) is 5.69 Å². The lowest BCUT2D eigenvalue weighted by molar-refractivity contribution is -0.384. The van der Waals surface area contributed by atoms with Crippen LogP contribution in [0.1, 0.15) is 30.9 Å². The van der Waals surface area contributed by atoms with Gasteiger partial charge in [0.05, 0.1) is 15.6 Å².